The molecule has 0 aromatic carbocycles. The van der Waals surface area contributed by atoms with Crippen LogP contribution in [0.5, 0.6) is 5.88 Å². The zero-order valence-electron chi connectivity index (χ0n) is 11.0. The third-order valence-corrected chi connectivity index (χ3v) is 3.21. The number of hydrogen-bond donors (Lipinski definition) is 2. The molecule has 0 atom stereocenters. The summed E-state index contributed by atoms with van der Waals surface area (Å²) in [7, 11) is 0. The summed E-state index contributed by atoms with van der Waals surface area (Å²) in [5, 5.41) is 3.32. The van der Waals surface area contributed by atoms with Crippen molar-refractivity contribution in [1.29, 1.82) is 0 Å². The molecule has 1 saturated heterocycles. The van der Waals surface area contributed by atoms with Crippen molar-refractivity contribution < 1.29 is 4.74 Å². The fourth-order valence-corrected chi connectivity index (χ4v) is 2.05. The first kappa shape index (κ1) is 13.1. The molecule has 0 unspecified atom stereocenters. The molecule has 0 radical (unpaired) electrons. The van der Waals surface area contributed by atoms with Crippen LogP contribution >= 0.6 is 0 Å². The smallest absolute Gasteiger partial charge is 0.254 e. The largest absolute Gasteiger partial charge is 0.477 e. The quantitative estimate of drug-likeness (QED) is 0.845. The molecule has 2 N–H and O–H groups in total. The molecule has 1 aromatic heterocycles. The van der Waals surface area contributed by atoms with Gasteiger partial charge in [0.05, 0.1) is 12.7 Å². The predicted octanol–water partition coefficient (Wildman–Crippen LogP) is 1.27. The van der Waals surface area contributed by atoms with Gasteiger partial charge >= 0.3 is 0 Å². The van der Waals surface area contributed by atoms with E-state index in [-0.39, 0.29) is 11.5 Å². The molecule has 1 aliphatic heterocycles. The molecule has 5 nitrogen and oxygen atoms in total. The van der Waals surface area contributed by atoms with Gasteiger partial charge in [-0.15, -0.1) is 0 Å². The van der Waals surface area contributed by atoms with Gasteiger partial charge in [0.15, 0.2) is 0 Å². The number of aromatic nitrogens is 2. The van der Waals surface area contributed by atoms with E-state index in [4.69, 9.17) is 4.74 Å². The molecule has 1 aromatic rings. The molecule has 18 heavy (non-hydrogen) atoms. The second-order valence-electron chi connectivity index (χ2n) is 5.13. The zero-order chi connectivity index (χ0) is 13.0. The maximum absolute atomic E-state index is 11.5. The summed E-state index contributed by atoms with van der Waals surface area (Å²) in [6.45, 7) is 6.74. The summed E-state index contributed by atoms with van der Waals surface area (Å²) in [5.41, 5.74) is -0.144. The van der Waals surface area contributed by atoms with Crippen molar-refractivity contribution in [2.75, 3.05) is 19.7 Å². The fourth-order valence-electron chi connectivity index (χ4n) is 2.05. The Morgan fingerprint density at radius 2 is 2.17 bits per heavy atom. The molecule has 0 amide bonds. The highest BCUT2D eigenvalue weighted by molar-refractivity contribution is 5.10. The zero-order valence-corrected chi connectivity index (χ0v) is 11.0. The minimum atomic E-state index is -0.144. The average Bonchev–Trinajstić information content (AvgIpc) is 2.37. The first-order valence-corrected chi connectivity index (χ1v) is 6.60. The number of nitrogens with zero attached hydrogens (tertiary/aromatic N) is 1. The second kappa shape index (κ2) is 6.00. The van der Waals surface area contributed by atoms with E-state index in [0.29, 0.717) is 24.2 Å². The first-order chi connectivity index (χ1) is 8.65. The van der Waals surface area contributed by atoms with E-state index >= 15 is 0 Å². The molecule has 0 spiro atoms. The fraction of sp³-hybridized carbons (Fsp3) is 0.692. The number of H-pyrrole nitrogens is 1. The lowest BCUT2D eigenvalue weighted by Gasteiger charge is -2.22. The Hall–Kier alpha value is -1.36. The Labute approximate surface area is 107 Å². The molecule has 0 aliphatic carbocycles. The van der Waals surface area contributed by atoms with Gasteiger partial charge in [0.25, 0.3) is 5.56 Å². The van der Waals surface area contributed by atoms with E-state index in [0.717, 1.165) is 25.9 Å². The minimum Gasteiger partial charge on any atom is -0.477 e. The summed E-state index contributed by atoms with van der Waals surface area (Å²) >= 11 is 0. The van der Waals surface area contributed by atoms with Gasteiger partial charge in [-0.05, 0) is 31.8 Å². The van der Waals surface area contributed by atoms with Crippen LogP contribution in [0.25, 0.3) is 0 Å². The maximum Gasteiger partial charge on any atom is 0.254 e. The van der Waals surface area contributed by atoms with Gasteiger partial charge in [0.2, 0.25) is 5.88 Å². The molecule has 2 heterocycles. The Morgan fingerprint density at radius 3 is 2.83 bits per heavy atom. The van der Waals surface area contributed by atoms with Gasteiger partial charge in [0, 0.05) is 5.92 Å². The number of hydrogen-bond acceptors (Lipinski definition) is 4. The second-order valence-corrected chi connectivity index (χ2v) is 5.13. The number of aromatic amines is 1. The maximum atomic E-state index is 11.5. The van der Waals surface area contributed by atoms with Crippen LogP contribution in [0.4, 0.5) is 0 Å². The molecule has 2 rings (SSSR count). The van der Waals surface area contributed by atoms with E-state index in [1.165, 1.54) is 6.07 Å². The highest BCUT2D eigenvalue weighted by Gasteiger charge is 2.14. The van der Waals surface area contributed by atoms with Crippen molar-refractivity contribution >= 4 is 0 Å². The van der Waals surface area contributed by atoms with Crippen LogP contribution in [0.15, 0.2) is 10.9 Å². The van der Waals surface area contributed by atoms with E-state index in [1.807, 2.05) is 13.8 Å². The molecular weight excluding hydrogens is 230 g/mol. The number of ether oxygens (including phenoxy) is 1. The monoisotopic (exact) mass is 251 g/mol. The highest BCUT2D eigenvalue weighted by Crippen LogP contribution is 2.15. The highest BCUT2D eigenvalue weighted by atomic mass is 16.5. The number of piperidine rings is 1. The Bertz CT molecular complexity index is 436. The van der Waals surface area contributed by atoms with Crippen molar-refractivity contribution in [2.24, 2.45) is 5.92 Å². The van der Waals surface area contributed by atoms with E-state index in [1.54, 1.807) is 0 Å². The molecule has 0 bridgehead atoms. The summed E-state index contributed by atoms with van der Waals surface area (Å²) in [4.78, 5) is 18.5. The standard InChI is InChI=1S/C13H21N3O2/c1-9(2)13-15-11(17)7-12(16-13)18-8-10-3-5-14-6-4-10/h7,9-10,14H,3-6,8H2,1-2H3,(H,15,16,17). The lowest BCUT2D eigenvalue weighted by Crippen LogP contribution is -2.30. The van der Waals surface area contributed by atoms with Crippen molar-refractivity contribution in [3.63, 3.8) is 0 Å². The van der Waals surface area contributed by atoms with Crippen LogP contribution in [-0.4, -0.2) is 29.7 Å². The van der Waals surface area contributed by atoms with Gasteiger partial charge < -0.3 is 15.0 Å². The van der Waals surface area contributed by atoms with Crippen LogP contribution in [0, 0.1) is 5.92 Å². The van der Waals surface area contributed by atoms with Gasteiger partial charge in [0.1, 0.15) is 5.82 Å². The third-order valence-electron chi connectivity index (χ3n) is 3.21. The molecule has 5 heteroatoms. The van der Waals surface area contributed by atoms with Crippen molar-refractivity contribution in [1.82, 2.24) is 15.3 Å². The summed E-state index contributed by atoms with van der Waals surface area (Å²) < 4.78 is 5.66. The van der Waals surface area contributed by atoms with Crippen molar-refractivity contribution in [2.45, 2.75) is 32.6 Å². The predicted molar refractivity (Wildman–Crippen MR) is 70.0 cm³/mol. The third kappa shape index (κ3) is 3.57. The Balaban J connectivity index is 1.97. The summed E-state index contributed by atoms with van der Waals surface area (Å²) in [5.74, 6) is 1.89. The van der Waals surface area contributed by atoms with Crippen LogP contribution < -0.4 is 15.6 Å². The van der Waals surface area contributed by atoms with Gasteiger partial charge in [-0.3, -0.25) is 4.79 Å². The van der Waals surface area contributed by atoms with Crippen LogP contribution in [0.3, 0.4) is 0 Å². The van der Waals surface area contributed by atoms with Gasteiger partial charge in [-0.2, -0.15) is 4.98 Å². The van der Waals surface area contributed by atoms with Crippen molar-refractivity contribution in [3.05, 3.63) is 22.2 Å². The molecule has 1 aliphatic rings. The average molecular weight is 251 g/mol. The number of rotatable bonds is 4. The van der Waals surface area contributed by atoms with Crippen LogP contribution in [-0.2, 0) is 0 Å². The van der Waals surface area contributed by atoms with Gasteiger partial charge in [-0.25, -0.2) is 0 Å². The minimum absolute atomic E-state index is 0.144. The summed E-state index contributed by atoms with van der Waals surface area (Å²) in [6.07, 6.45) is 2.25. The molecular formula is C13H21N3O2. The van der Waals surface area contributed by atoms with E-state index in [2.05, 4.69) is 15.3 Å². The molecule has 0 saturated carbocycles. The van der Waals surface area contributed by atoms with Crippen molar-refractivity contribution in [3.8, 4) is 5.88 Å². The summed E-state index contributed by atoms with van der Waals surface area (Å²) in [6, 6.07) is 1.42. The lowest BCUT2D eigenvalue weighted by atomic mass is 9.99. The number of nitrogens with one attached hydrogen (secondary N) is 2. The SMILES string of the molecule is CC(C)c1nc(OCC2CCNCC2)cc(=O)[nH]1. The van der Waals surface area contributed by atoms with Gasteiger partial charge in [-0.1, -0.05) is 13.8 Å². The van der Waals surface area contributed by atoms with Crippen LogP contribution in [0.2, 0.25) is 0 Å². The molecule has 1 fully saturated rings. The topological polar surface area (TPSA) is 67.0 Å². The first-order valence-electron chi connectivity index (χ1n) is 6.60. The Morgan fingerprint density at radius 1 is 1.44 bits per heavy atom. The lowest BCUT2D eigenvalue weighted by molar-refractivity contribution is 0.208. The van der Waals surface area contributed by atoms with E-state index in [9.17, 15) is 4.79 Å². The normalized spacial score (nSPS) is 17.1. The van der Waals surface area contributed by atoms with E-state index < -0.39 is 0 Å². The Kier molecular flexibility index (Phi) is 4.36. The van der Waals surface area contributed by atoms with Crippen LogP contribution in [0.1, 0.15) is 38.4 Å². The molecule has 100 valence electrons.